The number of ether oxygens (including phenoxy) is 1. The van der Waals surface area contributed by atoms with Crippen molar-refractivity contribution in [3.63, 3.8) is 0 Å². The Labute approximate surface area is 106 Å². The molecule has 0 aromatic heterocycles. The molecule has 0 atom stereocenters. The third-order valence-corrected chi connectivity index (χ3v) is 2.37. The van der Waals surface area contributed by atoms with Crippen LogP contribution in [0.15, 0.2) is 12.1 Å². The molecule has 98 valence electrons. The number of hydrogen-bond donors (Lipinski definition) is 2. The minimum Gasteiger partial charge on any atom is -0.481 e. The Bertz CT molecular complexity index is 445. The van der Waals surface area contributed by atoms with Gasteiger partial charge in [-0.2, -0.15) is 0 Å². The van der Waals surface area contributed by atoms with Gasteiger partial charge >= 0.3 is 11.9 Å². The van der Waals surface area contributed by atoms with E-state index in [1.54, 1.807) is 0 Å². The van der Waals surface area contributed by atoms with Gasteiger partial charge in [-0.3, -0.25) is 9.59 Å². The molecule has 0 amide bonds. The van der Waals surface area contributed by atoms with E-state index in [-0.39, 0.29) is 12.4 Å². The van der Waals surface area contributed by atoms with E-state index in [4.69, 9.17) is 9.84 Å². The van der Waals surface area contributed by atoms with Gasteiger partial charge in [-0.15, -0.1) is 0 Å². The number of nitrogens with one attached hydrogen (secondary N) is 1. The number of carbonyl (C=O) groups is 2. The fraction of sp³-hybridized carbons (Fsp3) is 0.385. The lowest BCUT2D eigenvalue weighted by Crippen LogP contribution is -2.09. The van der Waals surface area contributed by atoms with Crippen molar-refractivity contribution in [2.75, 3.05) is 11.9 Å². The molecule has 2 N–H and O–H groups in total. The Morgan fingerprint density at radius 1 is 1.28 bits per heavy atom. The Hall–Kier alpha value is -2.04. The molecule has 0 saturated heterocycles. The molecule has 1 aromatic carbocycles. The van der Waals surface area contributed by atoms with Crippen LogP contribution in [0.4, 0.5) is 5.69 Å². The Morgan fingerprint density at radius 2 is 1.83 bits per heavy atom. The maximum absolute atomic E-state index is 10.9. The van der Waals surface area contributed by atoms with Gasteiger partial charge in [-0.1, -0.05) is 0 Å². The van der Waals surface area contributed by atoms with Crippen LogP contribution >= 0.6 is 0 Å². The topological polar surface area (TPSA) is 75.6 Å². The van der Waals surface area contributed by atoms with Crippen LogP contribution in [0.25, 0.3) is 0 Å². The highest BCUT2D eigenvalue weighted by molar-refractivity contribution is 5.71. The van der Waals surface area contributed by atoms with Gasteiger partial charge in [0.1, 0.15) is 5.75 Å². The molecule has 0 aliphatic rings. The summed E-state index contributed by atoms with van der Waals surface area (Å²) in [6.45, 7) is 5.40. The fourth-order valence-electron chi connectivity index (χ4n) is 1.67. The van der Waals surface area contributed by atoms with Crippen LogP contribution in [0.2, 0.25) is 0 Å². The second kappa shape index (κ2) is 6.05. The number of rotatable bonds is 5. The predicted octanol–water partition coefficient (Wildman–Crippen LogP) is 2.12. The largest absolute Gasteiger partial charge is 0.481 e. The van der Waals surface area contributed by atoms with Crippen molar-refractivity contribution in [1.29, 1.82) is 0 Å². The molecular weight excluding hydrogens is 234 g/mol. The highest BCUT2D eigenvalue weighted by atomic mass is 16.5. The number of benzene rings is 1. The number of carbonyl (C=O) groups excluding carboxylic acids is 1. The molecule has 0 aliphatic carbocycles. The van der Waals surface area contributed by atoms with Crippen molar-refractivity contribution in [3.05, 3.63) is 23.3 Å². The summed E-state index contributed by atoms with van der Waals surface area (Å²) >= 11 is 0. The molecule has 1 aromatic rings. The van der Waals surface area contributed by atoms with Gasteiger partial charge in [0.25, 0.3) is 0 Å². The van der Waals surface area contributed by atoms with E-state index in [0.717, 1.165) is 16.8 Å². The number of anilines is 1. The number of carboxylic acids is 1. The van der Waals surface area contributed by atoms with Crippen molar-refractivity contribution in [1.82, 2.24) is 0 Å². The van der Waals surface area contributed by atoms with Crippen LogP contribution in [-0.2, 0) is 9.59 Å². The van der Waals surface area contributed by atoms with Crippen molar-refractivity contribution in [3.8, 4) is 5.75 Å². The maximum Gasteiger partial charge on any atom is 0.308 e. The first kappa shape index (κ1) is 14.0. The highest BCUT2D eigenvalue weighted by Crippen LogP contribution is 2.27. The van der Waals surface area contributed by atoms with E-state index in [2.05, 4.69) is 5.32 Å². The summed E-state index contributed by atoms with van der Waals surface area (Å²) in [5.74, 6) is -0.633. The smallest absolute Gasteiger partial charge is 0.308 e. The Balaban J connectivity index is 2.79. The van der Waals surface area contributed by atoms with Gasteiger partial charge in [0.15, 0.2) is 0 Å². The fourth-order valence-corrected chi connectivity index (χ4v) is 1.67. The predicted molar refractivity (Wildman–Crippen MR) is 68.0 cm³/mol. The van der Waals surface area contributed by atoms with Crippen LogP contribution in [0.1, 0.15) is 24.5 Å². The zero-order valence-corrected chi connectivity index (χ0v) is 10.7. The molecule has 0 radical (unpaired) electrons. The van der Waals surface area contributed by atoms with Crippen molar-refractivity contribution >= 4 is 17.6 Å². The van der Waals surface area contributed by atoms with Crippen LogP contribution < -0.4 is 10.1 Å². The lowest BCUT2D eigenvalue weighted by Gasteiger charge is -2.12. The minimum atomic E-state index is -0.840. The molecule has 0 spiro atoms. The third kappa shape index (κ3) is 4.08. The lowest BCUT2D eigenvalue weighted by atomic mass is 10.1. The normalized spacial score (nSPS) is 9.94. The number of hydrogen-bond acceptors (Lipinski definition) is 4. The summed E-state index contributed by atoms with van der Waals surface area (Å²) in [7, 11) is 0. The van der Waals surface area contributed by atoms with Crippen molar-refractivity contribution in [2.24, 2.45) is 0 Å². The lowest BCUT2D eigenvalue weighted by molar-refractivity contribution is -0.136. The summed E-state index contributed by atoms with van der Waals surface area (Å²) in [6, 6.07) is 3.65. The Morgan fingerprint density at radius 3 is 2.28 bits per heavy atom. The average molecular weight is 251 g/mol. The standard InChI is InChI=1S/C13H17NO4/c1-8-6-11(14-5-4-12(16)17)7-9(2)13(8)18-10(3)15/h6-7,14H,4-5H2,1-3H3,(H,16,17). The second-order valence-corrected chi connectivity index (χ2v) is 4.10. The summed E-state index contributed by atoms with van der Waals surface area (Å²) in [6.07, 6.45) is 0.0593. The first-order chi connectivity index (χ1) is 8.40. The van der Waals surface area contributed by atoms with Crippen LogP contribution in [-0.4, -0.2) is 23.6 Å². The molecule has 5 nitrogen and oxygen atoms in total. The summed E-state index contributed by atoms with van der Waals surface area (Å²) < 4.78 is 5.11. The number of carboxylic acid groups (broad SMARTS) is 1. The van der Waals surface area contributed by atoms with Gasteiger partial charge in [0.2, 0.25) is 0 Å². The van der Waals surface area contributed by atoms with Crippen molar-refractivity contribution < 1.29 is 19.4 Å². The average Bonchev–Trinajstić information content (AvgIpc) is 2.22. The highest BCUT2D eigenvalue weighted by Gasteiger charge is 2.08. The molecule has 0 aliphatic heterocycles. The second-order valence-electron chi connectivity index (χ2n) is 4.10. The molecule has 0 bridgehead atoms. The van der Waals surface area contributed by atoms with Gasteiger partial charge < -0.3 is 15.2 Å². The van der Waals surface area contributed by atoms with E-state index in [0.29, 0.717) is 12.3 Å². The summed E-state index contributed by atoms with van der Waals surface area (Å²) in [5, 5.41) is 11.6. The van der Waals surface area contributed by atoms with Crippen LogP contribution in [0.3, 0.4) is 0 Å². The molecule has 0 fully saturated rings. The zero-order chi connectivity index (χ0) is 13.7. The molecule has 18 heavy (non-hydrogen) atoms. The first-order valence-electron chi connectivity index (χ1n) is 5.65. The van der Waals surface area contributed by atoms with Crippen LogP contribution in [0, 0.1) is 13.8 Å². The van der Waals surface area contributed by atoms with Gasteiger partial charge in [-0.05, 0) is 37.1 Å². The number of aryl methyl sites for hydroxylation is 2. The molecule has 5 heteroatoms. The quantitative estimate of drug-likeness (QED) is 0.619. The van der Waals surface area contributed by atoms with Gasteiger partial charge in [0.05, 0.1) is 6.42 Å². The number of esters is 1. The molecule has 0 saturated carbocycles. The minimum absolute atomic E-state index is 0.0593. The third-order valence-electron chi connectivity index (χ3n) is 2.37. The van der Waals surface area contributed by atoms with E-state index in [1.807, 2.05) is 26.0 Å². The number of aliphatic carboxylic acids is 1. The van der Waals surface area contributed by atoms with Gasteiger partial charge in [-0.25, -0.2) is 0 Å². The molecule has 0 unspecified atom stereocenters. The first-order valence-corrected chi connectivity index (χ1v) is 5.65. The van der Waals surface area contributed by atoms with E-state index >= 15 is 0 Å². The summed E-state index contributed by atoms with van der Waals surface area (Å²) in [5.41, 5.74) is 2.49. The van der Waals surface area contributed by atoms with Crippen LogP contribution in [0.5, 0.6) is 5.75 Å². The van der Waals surface area contributed by atoms with Crippen molar-refractivity contribution in [2.45, 2.75) is 27.2 Å². The monoisotopic (exact) mass is 251 g/mol. The Kier molecular flexibility index (Phi) is 4.71. The molecular formula is C13H17NO4. The molecule has 0 heterocycles. The van der Waals surface area contributed by atoms with E-state index < -0.39 is 5.97 Å². The molecule has 1 rings (SSSR count). The van der Waals surface area contributed by atoms with Gasteiger partial charge in [0, 0.05) is 19.2 Å². The van der Waals surface area contributed by atoms with E-state index in [1.165, 1.54) is 6.92 Å². The summed E-state index contributed by atoms with van der Waals surface area (Å²) in [4.78, 5) is 21.3. The zero-order valence-electron chi connectivity index (χ0n) is 10.7. The maximum atomic E-state index is 10.9. The SMILES string of the molecule is CC(=O)Oc1c(C)cc(NCCC(=O)O)cc1C. The van der Waals surface area contributed by atoms with E-state index in [9.17, 15) is 9.59 Å².